The molecule has 0 spiro atoms. The summed E-state index contributed by atoms with van der Waals surface area (Å²) < 4.78 is 17.5. The van der Waals surface area contributed by atoms with Crippen molar-refractivity contribution in [1.82, 2.24) is 10.3 Å². The molecule has 0 radical (unpaired) electrons. The number of esters is 1. The van der Waals surface area contributed by atoms with E-state index >= 15 is 0 Å². The quantitative estimate of drug-likeness (QED) is 0.666. The minimum absolute atomic E-state index is 0.277. The number of hydrogen-bond acceptors (Lipinski definition) is 5. The number of ether oxygens (including phenoxy) is 1. The molecule has 0 aliphatic carbocycles. The maximum atomic E-state index is 12.6. The van der Waals surface area contributed by atoms with Gasteiger partial charge in [-0.15, -0.1) is 11.3 Å². The second-order valence-electron chi connectivity index (χ2n) is 3.79. The van der Waals surface area contributed by atoms with Gasteiger partial charge in [0.25, 0.3) is 5.91 Å². The fourth-order valence-electron chi connectivity index (χ4n) is 1.33. The first-order valence-electron chi connectivity index (χ1n) is 5.66. The first kappa shape index (κ1) is 15.3. The van der Waals surface area contributed by atoms with Crippen molar-refractivity contribution < 1.29 is 18.7 Å². The molecule has 0 saturated heterocycles. The Labute approximate surface area is 114 Å². The molecular formula is C12H15FN2O3S. The normalized spacial score (nSPS) is 11.8. The molecule has 0 aliphatic heterocycles. The van der Waals surface area contributed by atoms with Crippen LogP contribution in [0.5, 0.6) is 0 Å². The maximum absolute atomic E-state index is 12.6. The molecule has 1 rings (SSSR count). The Bertz CT molecular complexity index is 513. The number of carbonyl (C=O) groups excluding carboxylic acids is 2. The van der Waals surface area contributed by atoms with Gasteiger partial charge in [-0.3, -0.25) is 4.79 Å². The average molecular weight is 286 g/mol. The Morgan fingerprint density at radius 1 is 1.58 bits per heavy atom. The van der Waals surface area contributed by atoms with E-state index in [9.17, 15) is 14.0 Å². The number of thiazole rings is 1. The largest absolute Gasteiger partial charge is 0.462 e. The van der Waals surface area contributed by atoms with E-state index in [1.165, 1.54) is 0 Å². The van der Waals surface area contributed by atoms with Crippen LogP contribution in [0.2, 0.25) is 0 Å². The van der Waals surface area contributed by atoms with E-state index in [1.807, 2.05) is 0 Å². The van der Waals surface area contributed by atoms with E-state index in [-0.39, 0.29) is 6.61 Å². The van der Waals surface area contributed by atoms with Gasteiger partial charge in [-0.05, 0) is 20.8 Å². The monoisotopic (exact) mass is 286 g/mol. The molecule has 7 heteroatoms. The zero-order chi connectivity index (χ0) is 14.6. The van der Waals surface area contributed by atoms with Crippen molar-refractivity contribution in [1.29, 1.82) is 0 Å². The average Bonchev–Trinajstić information content (AvgIpc) is 2.71. The Balaban J connectivity index is 2.85. The lowest BCUT2D eigenvalue weighted by molar-refractivity contribution is -0.119. The van der Waals surface area contributed by atoms with Gasteiger partial charge in [-0.1, -0.05) is 6.58 Å². The van der Waals surface area contributed by atoms with Crippen LogP contribution in [-0.4, -0.2) is 23.5 Å². The highest BCUT2D eigenvalue weighted by atomic mass is 32.1. The van der Waals surface area contributed by atoms with Crippen LogP contribution in [0.4, 0.5) is 4.39 Å². The molecule has 1 atom stereocenters. The topological polar surface area (TPSA) is 68.3 Å². The second kappa shape index (κ2) is 6.42. The van der Waals surface area contributed by atoms with E-state index < -0.39 is 23.7 Å². The van der Waals surface area contributed by atoms with E-state index in [0.717, 1.165) is 11.3 Å². The van der Waals surface area contributed by atoms with Gasteiger partial charge in [0.05, 0.1) is 18.3 Å². The van der Waals surface area contributed by atoms with Gasteiger partial charge in [0, 0.05) is 0 Å². The molecule has 0 saturated carbocycles. The molecule has 0 fully saturated rings. The predicted octanol–water partition coefficient (Wildman–Crippen LogP) is 2.29. The Morgan fingerprint density at radius 3 is 2.74 bits per heavy atom. The Kier molecular flexibility index (Phi) is 5.17. The van der Waals surface area contributed by atoms with Crippen LogP contribution in [0.3, 0.4) is 0 Å². The number of nitrogens with one attached hydrogen (secondary N) is 1. The highest BCUT2D eigenvalue weighted by Gasteiger charge is 2.21. The molecule has 1 amide bonds. The van der Waals surface area contributed by atoms with Gasteiger partial charge in [-0.25, -0.2) is 14.2 Å². The molecule has 1 N–H and O–H groups in total. The smallest absolute Gasteiger partial charge is 0.350 e. The van der Waals surface area contributed by atoms with E-state index in [2.05, 4.69) is 16.9 Å². The summed E-state index contributed by atoms with van der Waals surface area (Å²) in [5.74, 6) is -2.40. The van der Waals surface area contributed by atoms with Crippen molar-refractivity contribution in [3.8, 4) is 0 Å². The molecule has 19 heavy (non-hydrogen) atoms. The van der Waals surface area contributed by atoms with Crippen LogP contribution in [0.25, 0.3) is 0 Å². The van der Waals surface area contributed by atoms with Crippen molar-refractivity contribution in [3.05, 3.63) is 28.0 Å². The molecule has 0 aliphatic rings. The number of rotatable bonds is 5. The molecule has 1 heterocycles. The summed E-state index contributed by atoms with van der Waals surface area (Å²) in [4.78, 5) is 27.3. The third kappa shape index (κ3) is 3.85. The minimum atomic E-state index is -1.06. The number of aryl methyl sites for hydroxylation is 1. The molecular weight excluding hydrogens is 271 g/mol. The zero-order valence-electron chi connectivity index (χ0n) is 10.9. The van der Waals surface area contributed by atoms with Gasteiger partial charge < -0.3 is 10.1 Å². The lowest BCUT2D eigenvalue weighted by atomic mass is 10.3. The lowest BCUT2D eigenvalue weighted by Crippen LogP contribution is -2.26. The minimum Gasteiger partial charge on any atom is -0.462 e. The molecule has 104 valence electrons. The summed E-state index contributed by atoms with van der Waals surface area (Å²) in [6, 6.07) is -0.508. The first-order valence-corrected chi connectivity index (χ1v) is 6.48. The Morgan fingerprint density at radius 2 is 2.21 bits per heavy atom. The summed E-state index contributed by atoms with van der Waals surface area (Å²) in [7, 11) is 0. The number of hydrogen-bond donors (Lipinski definition) is 1. The van der Waals surface area contributed by atoms with E-state index in [0.29, 0.717) is 15.6 Å². The summed E-state index contributed by atoms with van der Waals surface area (Å²) >= 11 is 1.12. The first-order chi connectivity index (χ1) is 8.86. The molecule has 1 aromatic heterocycles. The molecule has 0 bridgehead atoms. The van der Waals surface area contributed by atoms with Crippen molar-refractivity contribution in [3.63, 3.8) is 0 Å². The summed E-state index contributed by atoms with van der Waals surface area (Å²) in [5.41, 5.74) is 0.527. The van der Waals surface area contributed by atoms with Gasteiger partial charge in [0.15, 0.2) is 5.83 Å². The molecule has 5 nitrogen and oxygen atoms in total. The lowest BCUT2D eigenvalue weighted by Gasteiger charge is -2.09. The van der Waals surface area contributed by atoms with Crippen molar-refractivity contribution in [2.75, 3.05) is 6.61 Å². The van der Waals surface area contributed by atoms with Gasteiger partial charge >= 0.3 is 5.97 Å². The van der Waals surface area contributed by atoms with E-state index in [1.54, 1.807) is 20.8 Å². The van der Waals surface area contributed by atoms with Crippen molar-refractivity contribution in [2.24, 2.45) is 0 Å². The number of nitrogens with zero attached hydrogens (tertiary/aromatic N) is 1. The Hall–Kier alpha value is -1.76. The van der Waals surface area contributed by atoms with Crippen LogP contribution in [0, 0.1) is 6.92 Å². The number of halogens is 1. The van der Waals surface area contributed by atoms with Gasteiger partial charge in [0.1, 0.15) is 9.88 Å². The van der Waals surface area contributed by atoms with Crippen LogP contribution in [0.15, 0.2) is 12.4 Å². The molecule has 1 unspecified atom stereocenters. The van der Waals surface area contributed by atoms with E-state index in [4.69, 9.17) is 4.74 Å². The molecule has 0 aromatic carbocycles. The second-order valence-corrected chi connectivity index (χ2v) is 4.82. The van der Waals surface area contributed by atoms with Crippen LogP contribution < -0.4 is 5.32 Å². The number of aromatic nitrogens is 1. The highest BCUT2D eigenvalue weighted by Crippen LogP contribution is 2.24. The SMILES string of the molecule is C=C(F)C(=O)NC(C)c1nc(C)c(C(=O)OCC)s1. The maximum Gasteiger partial charge on any atom is 0.350 e. The highest BCUT2D eigenvalue weighted by molar-refractivity contribution is 7.13. The predicted molar refractivity (Wildman–Crippen MR) is 69.6 cm³/mol. The van der Waals surface area contributed by atoms with Crippen LogP contribution >= 0.6 is 11.3 Å². The summed E-state index contributed by atoms with van der Waals surface area (Å²) in [5, 5.41) is 2.90. The van der Waals surface area contributed by atoms with Crippen molar-refractivity contribution >= 4 is 23.2 Å². The number of carbonyl (C=O) groups is 2. The summed E-state index contributed by atoms with van der Waals surface area (Å²) in [6.07, 6.45) is 0. The zero-order valence-corrected chi connectivity index (χ0v) is 11.8. The van der Waals surface area contributed by atoms with Gasteiger partial charge in [-0.2, -0.15) is 0 Å². The van der Waals surface area contributed by atoms with Crippen LogP contribution in [0.1, 0.15) is 40.3 Å². The standard InChI is InChI=1S/C12H15FN2O3S/c1-5-18-12(17)9-7(3)15-11(19-9)8(4)14-10(16)6(2)13/h8H,2,5H2,1,3-4H3,(H,14,16). The van der Waals surface area contributed by atoms with Gasteiger partial charge in [0.2, 0.25) is 0 Å². The fourth-order valence-corrected chi connectivity index (χ4v) is 2.29. The fraction of sp³-hybridized carbons (Fsp3) is 0.417. The summed E-state index contributed by atoms with van der Waals surface area (Å²) in [6.45, 7) is 8.22. The van der Waals surface area contributed by atoms with Crippen LogP contribution in [-0.2, 0) is 9.53 Å². The third-order valence-electron chi connectivity index (χ3n) is 2.24. The number of amides is 1. The third-order valence-corrected chi connectivity index (χ3v) is 3.56. The van der Waals surface area contributed by atoms with Crippen molar-refractivity contribution in [2.45, 2.75) is 26.8 Å². The molecule has 1 aromatic rings.